The zero-order valence-corrected chi connectivity index (χ0v) is 13.3. The molecule has 0 saturated carbocycles. The number of para-hydroxylation sites is 2. The second-order valence-electron chi connectivity index (χ2n) is 3.79. The highest BCUT2D eigenvalue weighted by atomic mass is 28.4. The average molecular weight is 286 g/mol. The third-order valence-electron chi connectivity index (χ3n) is 2.22. The third kappa shape index (κ3) is 7.84. The van der Waals surface area contributed by atoms with Gasteiger partial charge in [0, 0.05) is 26.4 Å². The van der Waals surface area contributed by atoms with Crippen LogP contribution in [0.3, 0.4) is 0 Å². The Labute approximate surface area is 117 Å². The minimum Gasteiger partial charge on any atom is -0.397 e. The number of rotatable bonds is 6. The summed E-state index contributed by atoms with van der Waals surface area (Å²) in [6.45, 7) is 9.73. The highest BCUT2D eigenvalue weighted by molar-refractivity contribution is 6.59. The molecule has 0 spiro atoms. The van der Waals surface area contributed by atoms with Crippen molar-refractivity contribution in [3.05, 3.63) is 24.3 Å². The van der Waals surface area contributed by atoms with Crippen LogP contribution in [0.1, 0.15) is 20.8 Å². The second kappa shape index (κ2) is 9.80. The molecule has 1 aromatic carbocycles. The molecule has 0 aliphatic rings. The lowest BCUT2D eigenvalue weighted by atomic mass is 10.3. The first-order valence-corrected chi connectivity index (χ1v) is 8.73. The van der Waals surface area contributed by atoms with Gasteiger partial charge in [-0.15, -0.1) is 0 Å². The molecule has 19 heavy (non-hydrogen) atoms. The zero-order valence-electron chi connectivity index (χ0n) is 12.3. The van der Waals surface area contributed by atoms with E-state index in [0.29, 0.717) is 31.2 Å². The number of benzene rings is 1. The van der Waals surface area contributed by atoms with Crippen LogP contribution >= 0.6 is 0 Å². The average Bonchev–Trinajstić information content (AvgIpc) is 2.34. The van der Waals surface area contributed by atoms with Crippen LogP contribution in [0.25, 0.3) is 0 Å². The number of hydrogen-bond acceptors (Lipinski definition) is 5. The number of nitrogens with two attached hydrogens (primary N) is 2. The Morgan fingerprint density at radius 1 is 0.842 bits per heavy atom. The van der Waals surface area contributed by atoms with Gasteiger partial charge in [-0.1, -0.05) is 12.1 Å². The molecule has 0 heterocycles. The van der Waals surface area contributed by atoms with Crippen molar-refractivity contribution in [3.63, 3.8) is 0 Å². The summed E-state index contributed by atoms with van der Waals surface area (Å²) in [7, 11) is -2.25. The summed E-state index contributed by atoms with van der Waals surface area (Å²) >= 11 is 0. The van der Waals surface area contributed by atoms with Crippen molar-refractivity contribution in [2.24, 2.45) is 0 Å². The van der Waals surface area contributed by atoms with Crippen LogP contribution in [0.15, 0.2) is 24.3 Å². The number of anilines is 2. The SMILES string of the molecule is CCO[Si](C)(OCC)OCC.Nc1ccccc1N. The molecule has 0 aliphatic heterocycles. The Morgan fingerprint density at radius 2 is 1.16 bits per heavy atom. The fraction of sp³-hybridized carbons (Fsp3) is 0.538. The van der Waals surface area contributed by atoms with Crippen LogP contribution in [0, 0.1) is 0 Å². The Kier molecular flexibility index (Phi) is 9.24. The Balaban J connectivity index is 0.000000356. The summed E-state index contributed by atoms with van der Waals surface area (Å²) in [5.41, 5.74) is 12.1. The summed E-state index contributed by atoms with van der Waals surface area (Å²) < 4.78 is 16.2. The van der Waals surface area contributed by atoms with Crippen molar-refractivity contribution in [2.75, 3.05) is 31.3 Å². The van der Waals surface area contributed by atoms with Gasteiger partial charge in [0.2, 0.25) is 0 Å². The fourth-order valence-electron chi connectivity index (χ4n) is 1.42. The van der Waals surface area contributed by atoms with Gasteiger partial charge < -0.3 is 24.7 Å². The molecule has 0 unspecified atom stereocenters. The van der Waals surface area contributed by atoms with E-state index in [1.54, 1.807) is 12.1 Å². The van der Waals surface area contributed by atoms with Gasteiger partial charge >= 0.3 is 8.80 Å². The first-order valence-electron chi connectivity index (χ1n) is 6.50. The molecule has 0 fully saturated rings. The van der Waals surface area contributed by atoms with E-state index in [1.165, 1.54) is 0 Å². The predicted molar refractivity (Wildman–Crippen MR) is 81.8 cm³/mol. The Hall–Kier alpha value is -1.08. The highest BCUT2D eigenvalue weighted by Crippen LogP contribution is 2.10. The molecule has 4 N–H and O–H groups in total. The maximum absolute atomic E-state index is 5.40. The smallest absolute Gasteiger partial charge is 0.397 e. The highest BCUT2D eigenvalue weighted by Gasteiger charge is 2.32. The standard InChI is InChI=1S/C7H18O3Si.C6H8N2/c1-5-8-11(4,9-6-2)10-7-3;7-5-3-1-2-4-6(5)8/h5-7H2,1-4H3;1-4H,7-8H2. The lowest BCUT2D eigenvalue weighted by Crippen LogP contribution is -2.42. The molecule has 6 heteroatoms. The van der Waals surface area contributed by atoms with E-state index in [2.05, 4.69) is 0 Å². The number of hydrogen-bond donors (Lipinski definition) is 2. The van der Waals surface area contributed by atoms with E-state index in [4.69, 9.17) is 24.7 Å². The van der Waals surface area contributed by atoms with Crippen molar-refractivity contribution in [3.8, 4) is 0 Å². The molecule has 0 atom stereocenters. The van der Waals surface area contributed by atoms with Crippen molar-refractivity contribution >= 4 is 20.2 Å². The van der Waals surface area contributed by atoms with E-state index >= 15 is 0 Å². The van der Waals surface area contributed by atoms with Crippen molar-refractivity contribution in [1.29, 1.82) is 0 Å². The lowest BCUT2D eigenvalue weighted by molar-refractivity contribution is 0.0783. The molecule has 0 aliphatic carbocycles. The van der Waals surface area contributed by atoms with Gasteiger partial charge in [-0.2, -0.15) is 0 Å². The van der Waals surface area contributed by atoms with Crippen molar-refractivity contribution in [1.82, 2.24) is 0 Å². The predicted octanol–water partition coefficient (Wildman–Crippen LogP) is 2.52. The van der Waals surface area contributed by atoms with Gasteiger partial charge in [0.25, 0.3) is 0 Å². The molecule has 110 valence electrons. The first kappa shape index (κ1) is 17.9. The maximum atomic E-state index is 5.40. The molecule has 0 radical (unpaired) electrons. The summed E-state index contributed by atoms with van der Waals surface area (Å²) in [6, 6.07) is 7.25. The van der Waals surface area contributed by atoms with Gasteiger partial charge in [-0.25, -0.2) is 0 Å². The largest absolute Gasteiger partial charge is 0.497 e. The van der Waals surface area contributed by atoms with Gasteiger partial charge in [0.15, 0.2) is 0 Å². The Bertz CT molecular complexity index is 312. The minimum absolute atomic E-state index is 0.646. The number of nitrogen functional groups attached to an aromatic ring is 2. The van der Waals surface area contributed by atoms with E-state index in [0.717, 1.165) is 0 Å². The molecule has 0 bridgehead atoms. The van der Waals surface area contributed by atoms with Crippen LogP contribution in [0.5, 0.6) is 0 Å². The molecule has 0 saturated heterocycles. The fourth-order valence-corrected chi connectivity index (χ4v) is 3.25. The summed E-state index contributed by atoms with van der Waals surface area (Å²) in [5, 5.41) is 0. The third-order valence-corrected chi connectivity index (χ3v) is 4.65. The van der Waals surface area contributed by atoms with Crippen LogP contribution in [0.2, 0.25) is 6.55 Å². The second-order valence-corrected chi connectivity index (χ2v) is 6.38. The quantitative estimate of drug-likeness (QED) is 0.620. The molecule has 1 rings (SSSR count). The molecular weight excluding hydrogens is 260 g/mol. The topological polar surface area (TPSA) is 79.7 Å². The minimum atomic E-state index is -2.25. The Morgan fingerprint density at radius 3 is 1.37 bits per heavy atom. The summed E-state index contributed by atoms with van der Waals surface area (Å²) in [4.78, 5) is 0. The zero-order chi connectivity index (χ0) is 14.7. The van der Waals surface area contributed by atoms with Gasteiger partial charge in [-0.3, -0.25) is 0 Å². The summed E-state index contributed by atoms with van der Waals surface area (Å²) in [6.07, 6.45) is 0. The van der Waals surface area contributed by atoms with Gasteiger partial charge in [-0.05, 0) is 32.9 Å². The monoisotopic (exact) mass is 286 g/mol. The van der Waals surface area contributed by atoms with Crippen LogP contribution in [-0.2, 0) is 13.3 Å². The van der Waals surface area contributed by atoms with E-state index < -0.39 is 8.80 Å². The molecule has 0 aromatic heterocycles. The molecular formula is C13H26N2O3Si. The molecule has 1 aromatic rings. The first-order chi connectivity index (χ1) is 8.99. The van der Waals surface area contributed by atoms with E-state index in [-0.39, 0.29) is 0 Å². The van der Waals surface area contributed by atoms with Gasteiger partial charge in [0.1, 0.15) is 0 Å². The normalized spacial score (nSPS) is 10.7. The van der Waals surface area contributed by atoms with Crippen molar-refractivity contribution in [2.45, 2.75) is 27.3 Å². The van der Waals surface area contributed by atoms with Gasteiger partial charge in [0.05, 0.1) is 11.4 Å². The van der Waals surface area contributed by atoms with Crippen LogP contribution in [0.4, 0.5) is 11.4 Å². The van der Waals surface area contributed by atoms with E-state index in [1.807, 2.05) is 39.5 Å². The van der Waals surface area contributed by atoms with E-state index in [9.17, 15) is 0 Å². The van der Waals surface area contributed by atoms with Crippen LogP contribution in [-0.4, -0.2) is 28.6 Å². The molecule has 5 nitrogen and oxygen atoms in total. The van der Waals surface area contributed by atoms with Crippen molar-refractivity contribution < 1.29 is 13.3 Å². The summed E-state index contributed by atoms with van der Waals surface area (Å²) in [5.74, 6) is 0. The molecule has 0 amide bonds. The maximum Gasteiger partial charge on any atom is 0.497 e. The lowest BCUT2D eigenvalue weighted by Gasteiger charge is -2.23. The van der Waals surface area contributed by atoms with Crippen LogP contribution < -0.4 is 11.5 Å².